The zero-order valence-corrected chi connectivity index (χ0v) is 15.3. The summed E-state index contributed by atoms with van der Waals surface area (Å²) in [4.78, 5) is 25.1. The highest BCUT2D eigenvalue weighted by atomic mass is 16.2. The number of nitrogens with two attached hydrogens (primary N) is 1. The third-order valence-corrected chi connectivity index (χ3v) is 4.91. The van der Waals surface area contributed by atoms with E-state index in [0.29, 0.717) is 6.54 Å². The number of hydrogen-bond donors (Lipinski definition) is 2. The quantitative estimate of drug-likeness (QED) is 0.889. The van der Waals surface area contributed by atoms with E-state index < -0.39 is 0 Å². The molecule has 1 atom stereocenters. The number of fused-ring (bicyclic) bond motifs is 1. The van der Waals surface area contributed by atoms with Crippen molar-refractivity contribution in [3.05, 3.63) is 53.6 Å². The monoisotopic (exact) mass is 351 g/mol. The number of rotatable bonds is 4. The summed E-state index contributed by atoms with van der Waals surface area (Å²) in [6, 6.07) is 14.7. The molecular weight excluding hydrogens is 326 g/mol. The van der Waals surface area contributed by atoms with Crippen molar-refractivity contribution in [2.24, 2.45) is 5.73 Å². The number of benzene rings is 2. The Morgan fingerprint density at radius 2 is 1.85 bits per heavy atom. The molecular formula is C21H25N3O2. The third kappa shape index (κ3) is 3.78. The van der Waals surface area contributed by atoms with Crippen molar-refractivity contribution in [1.82, 2.24) is 5.32 Å². The molecule has 3 rings (SSSR count). The molecule has 2 aromatic rings. The Bertz CT molecular complexity index is 815. The van der Waals surface area contributed by atoms with E-state index in [1.807, 2.05) is 17.0 Å². The van der Waals surface area contributed by atoms with Crippen molar-refractivity contribution in [2.45, 2.75) is 39.3 Å². The van der Waals surface area contributed by atoms with Crippen LogP contribution in [0.15, 0.2) is 42.5 Å². The molecule has 1 heterocycles. The van der Waals surface area contributed by atoms with Gasteiger partial charge < -0.3 is 16.0 Å². The van der Waals surface area contributed by atoms with Crippen molar-refractivity contribution in [3.8, 4) is 11.1 Å². The van der Waals surface area contributed by atoms with Gasteiger partial charge in [-0.3, -0.25) is 9.59 Å². The second-order valence-corrected chi connectivity index (χ2v) is 6.80. The molecule has 26 heavy (non-hydrogen) atoms. The number of amides is 2. The zero-order valence-electron chi connectivity index (χ0n) is 15.3. The third-order valence-electron chi connectivity index (χ3n) is 4.91. The molecule has 0 fully saturated rings. The van der Waals surface area contributed by atoms with Gasteiger partial charge in [-0.15, -0.1) is 0 Å². The summed E-state index contributed by atoms with van der Waals surface area (Å²) < 4.78 is 0. The first-order valence-corrected chi connectivity index (χ1v) is 8.98. The fraction of sp³-hybridized carbons (Fsp3) is 0.333. The number of nitrogens with one attached hydrogen (secondary N) is 1. The summed E-state index contributed by atoms with van der Waals surface area (Å²) in [5.74, 6) is -0.0666. The van der Waals surface area contributed by atoms with Crippen LogP contribution in [0, 0.1) is 0 Å². The summed E-state index contributed by atoms with van der Waals surface area (Å²) in [5, 5.41) is 2.77. The van der Waals surface area contributed by atoms with Gasteiger partial charge in [0.2, 0.25) is 11.8 Å². The first kappa shape index (κ1) is 18.1. The van der Waals surface area contributed by atoms with Crippen LogP contribution in [0.3, 0.4) is 0 Å². The highest BCUT2D eigenvalue weighted by Gasteiger charge is 2.26. The highest BCUT2D eigenvalue weighted by molar-refractivity contribution is 5.94. The number of aryl methyl sites for hydroxylation is 1. The SMILES string of the molecule is CC(=O)N1c2ccc(-c3ccc(CNC(=O)CN)cc3)cc2CCC1C. The van der Waals surface area contributed by atoms with Gasteiger partial charge in [0.05, 0.1) is 6.54 Å². The minimum Gasteiger partial charge on any atom is -0.351 e. The van der Waals surface area contributed by atoms with E-state index in [1.165, 1.54) is 5.56 Å². The smallest absolute Gasteiger partial charge is 0.234 e. The number of hydrogen-bond acceptors (Lipinski definition) is 3. The minimum atomic E-state index is -0.159. The molecule has 0 radical (unpaired) electrons. The van der Waals surface area contributed by atoms with Crippen LogP contribution < -0.4 is 16.0 Å². The fourth-order valence-corrected chi connectivity index (χ4v) is 3.50. The molecule has 0 spiro atoms. The van der Waals surface area contributed by atoms with Crippen LogP contribution in [0.25, 0.3) is 11.1 Å². The molecule has 0 aliphatic carbocycles. The lowest BCUT2D eigenvalue weighted by molar-refractivity contribution is -0.120. The van der Waals surface area contributed by atoms with Gasteiger partial charge in [0.15, 0.2) is 0 Å². The lowest BCUT2D eigenvalue weighted by atomic mass is 9.93. The molecule has 1 aliphatic heterocycles. The molecule has 0 aromatic heterocycles. The van der Waals surface area contributed by atoms with Gasteiger partial charge in [-0.25, -0.2) is 0 Å². The van der Waals surface area contributed by atoms with E-state index in [9.17, 15) is 9.59 Å². The van der Waals surface area contributed by atoms with E-state index in [2.05, 4.69) is 42.6 Å². The summed E-state index contributed by atoms with van der Waals surface area (Å²) in [5.41, 5.74) is 10.8. The molecule has 2 amide bonds. The summed E-state index contributed by atoms with van der Waals surface area (Å²) in [7, 11) is 0. The first-order valence-electron chi connectivity index (χ1n) is 8.98. The molecule has 136 valence electrons. The van der Waals surface area contributed by atoms with Gasteiger partial charge in [0.1, 0.15) is 0 Å². The van der Waals surface area contributed by atoms with Crippen molar-refractivity contribution < 1.29 is 9.59 Å². The van der Waals surface area contributed by atoms with Crippen LogP contribution in [-0.4, -0.2) is 24.4 Å². The second-order valence-electron chi connectivity index (χ2n) is 6.80. The Hall–Kier alpha value is -2.66. The first-order chi connectivity index (χ1) is 12.5. The van der Waals surface area contributed by atoms with Gasteiger partial charge in [-0.2, -0.15) is 0 Å². The average Bonchev–Trinajstić information content (AvgIpc) is 2.65. The standard InChI is InChI=1S/C21H25N3O2/c1-14-3-6-19-11-18(9-10-20(19)24(14)15(2)25)17-7-4-16(5-8-17)13-23-21(26)12-22/h4-5,7-11,14H,3,6,12-13,22H2,1-2H3,(H,23,26). The largest absolute Gasteiger partial charge is 0.351 e. The normalized spacial score (nSPS) is 16.1. The van der Waals surface area contributed by atoms with Crippen LogP contribution in [0.2, 0.25) is 0 Å². The van der Waals surface area contributed by atoms with Crippen LogP contribution in [0.4, 0.5) is 5.69 Å². The van der Waals surface area contributed by atoms with Gasteiger partial charge >= 0.3 is 0 Å². The van der Waals surface area contributed by atoms with Crippen molar-refractivity contribution in [2.75, 3.05) is 11.4 Å². The average molecular weight is 351 g/mol. The summed E-state index contributed by atoms with van der Waals surface area (Å²) >= 11 is 0. The van der Waals surface area contributed by atoms with E-state index in [-0.39, 0.29) is 24.4 Å². The summed E-state index contributed by atoms with van der Waals surface area (Å²) in [6.45, 7) is 4.21. The number of carbonyl (C=O) groups excluding carboxylic acids is 2. The Balaban J connectivity index is 1.80. The van der Waals surface area contributed by atoms with Crippen LogP contribution in [0.5, 0.6) is 0 Å². The molecule has 1 aliphatic rings. The van der Waals surface area contributed by atoms with E-state index in [4.69, 9.17) is 5.73 Å². The molecule has 2 aromatic carbocycles. The van der Waals surface area contributed by atoms with Gasteiger partial charge in [-0.05, 0) is 54.2 Å². The fourth-order valence-electron chi connectivity index (χ4n) is 3.50. The highest BCUT2D eigenvalue weighted by Crippen LogP contribution is 2.34. The van der Waals surface area contributed by atoms with Crippen molar-refractivity contribution >= 4 is 17.5 Å². The predicted molar refractivity (Wildman–Crippen MR) is 104 cm³/mol. The Kier molecular flexibility index (Phi) is 5.38. The minimum absolute atomic E-state index is 0.00308. The van der Waals surface area contributed by atoms with Gasteiger partial charge in [0.25, 0.3) is 0 Å². The second kappa shape index (κ2) is 7.70. The topological polar surface area (TPSA) is 75.4 Å². The Morgan fingerprint density at radius 1 is 1.15 bits per heavy atom. The lowest BCUT2D eigenvalue weighted by Gasteiger charge is -2.34. The molecule has 0 saturated carbocycles. The molecule has 3 N–H and O–H groups in total. The predicted octanol–water partition coefficient (Wildman–Crippen LogP) is 2.62. The maximum absolute atomic E-state index is 12.0. The van der Waals surface area contributed by atoms with E-state index in [1.54, 1.807) is 6.92 Å². The Labute approximate surface area is 154 Å². The zero-order chi connectivity index (χ0) is 18.7. The van der Waals surface area contributed by atoms with Crippen molar-refractivity contribution in [1.29, 1.82) is 0 Å². The van der Waals surface area contributed by atoms with Crippen LogP contribution >= 0.6 is 0 Å². The lowest BCUT2D eigenvalue weighted by Crippen LogP contribution is -2.40. The van der Waals surface area contributed by atoms with E-state index in [0.717, 1.165) is 35.2 Å². The van der Waals surface area contributed by atoms with E-state index >= 15 is 0 Å². The summed E-state index contributed by atoms with van der Waals surface area (Å²) in [6.07, 6.45) is 1.97. The van der Waals surface area contributed by atoms with Crippen LogP contribution in [-0.2, 0) is 22.6 Å². The maximum Gasteiger partial charge on any atom is 0.234 e. The molecule has 0 saturated heterocycles. The molecule has 5 nitrogen and oxygen atoms in total. The van der Waals surface area contributed by atoms with Crippen molar-refractivity contribution in [3.63, 3.8) is 0 Å². The maximum atomic E-state index is 12.0. The number of nitrogens with zero attached hydrogens (tertiary/aromatic N) is 1. The number of anilines is 1. The van der Waals surface area contributed by atoms with Gasteiger partial charge in [0, 0.05) is 25.2 Å². The molecule has 0 bridgehead atoms. The Morgan fingerprint density at radius 3 is 2.50 bits per heavy atom. The number of carbonyl (C=O) groups is 2. The molecule has 5 heteroatoms. The van der Waals surface area contributed by atoms with Gasteiger partial charge in [-0.1, -0.05) is 30.3 Å². The van der Waals surface area contributed by atoms with Crippen LogP contribution in [0.1, 0.15) is 31.4 Å². The molecule has 1 unspecified atom stereocenters.